The number of halogens is 1. The molecule has 0 saturated heterocycles. The summed E-state index contributed by atoms with van der Waals surface area (Å²) in [5.74, 6) is 0.543. The molecule has 0 heterocycles. The van der Waals surface area contributed by atoms with Gasteiger partial charge in [0.25, 0.3) is 0 Å². The Bertz CT molecular complexity index is 658. The third-order valence-electron chi connectivity index (χ3n) is 3.65. The summed E-state index contributed by atoms with van der Waals surface area (Å²) >= 11 is 0. The summed E-state index contributed by atoms with van der Waals surface area (Å²) in [5.41, 5.74) is 1.14. The van der Waals surface area contributed by atoms with E-state index in [1.165, 1.54) is 33.0 Å². The Kier molecular flexibility index (Phi) is 7.01. The molecule has 0 atom stereocenters. The minimum Gasteiger partial charge on any atom is -0.325 e. The van der Waals surface area contributed by atoms with Crippen molar-refractivity contribution in [2.24, 2.45) is 5.92 Å². The van der Waals surface area contributed by atoms with E-state index >= 15 is 0 Å². The molecular weight excluding hydrogens is 338 g/mol. The molecule has 1 fully saturated rings. The fraction of sp³-hybridized carbons (Fsp3) is 0.533. The molecule has 130 valence electrons. The summed E-state index contributed by atoms with van der Waals surface area (Å²) in [6.07, 6.45) is 2.47. The number of amides is 1. The molecule has 2 N–H and O–H groups in total. The Labute approximate surface area is 144 Å². The summed E-state index contributed by atoms with van der Waals surface area (Å²) in [4.78, 5) is 12.1. The van der Waals surface area contributed by atoms with Gasteiger partial charge in [-0.25, -0.2) is 12.7 Å². The van der Waals surface area contributed by atoms with Crippen LogP contribution in [0.15, 0.2) is 23.1 Å². The number of carbonyl (C=O) groups excluding carboxylic acids is 1. The van der Waals surface area contributed by atoms with Gasteiger partial charge in [-0.05, 0) is 49.9 Å². The van der Waals surface area contributed by atoms with Gasteiger partial charge in [0.2, 0.25) is 15.9 Å². The zero-order valence-electron chi connectivity index (χ0n) is 13.6. The predicted molar refractivity (Wildman–Crippen MR) is 93.5 cm³/mol. The summed E-state index contributed by atoms with van der Waals surface area (Å²) in [6.45, 7) is 2.83. The van der Waals surface area contributed by atoms with Crippen molar-refractivity contribution in [2.45, 2.75) is 24.7 Å². The van der Waals surface area contributed by atoms with E-state index in [9.17, 15) is 13.2 Å². The van der Waals surface area contributed by atoms with Crippen LogP contribution in [-0.2, 0) is 14.8 Å². The van der Waals surface area contributed by atoms with Gasteiger partial charge in [0.05, 0.1) is 11.4 Å². The van der Waals surface area contributed by atoms with Crippen molar-refractivity contribution < 1.29 is 13.2 Å². The Morgan fingerprint density at radius 2 is 1.96 bits per heavy atom. The lowest BCUT2D eigenvalue weighted by Gasteiger charge is -2.15. The van der Waals surface area contributed by atoms with Gasteiger partial charge in [-0.3, -0.25) is 4.79 Å². The SMILES string of the molecule is Cc1ccc(NC(=O)CNCC2CC2)cc1S(=O)(=O)N(C)C.Cl. The number of nitrogens with zero attached hydrogens (tertiary/aromatic N) is 1. The quantitative estimate of drug-likeness (QED) is 0.773. The van der Waals surface area contributed by atoms with Crippen LogP contribution in [0.1, 0.15) is 18.4 Å². The average Bonchev–Trinajstić information content (AvgIpc) is 3.24. The topological polar surface area (TPSA) is 78.5 Å². The molecule has 0 unspecified atom stereocenters. The van der Waals surface area contributed by atoms with Crippen LogP contribution >= 0.6 is 12.4 Å². The Morgan fingerprint density at radius 3 is 2.52 bits per heavy atom. The van der Waals surface area contributed by atoms with Crippen molar-refractivity contribution in [3.8, 4) is 0 Å². The van der Waals surface area contributed by atoms with Crippen LogP contribution in [0.2, 0.25) is 0 Å². The molecule has 6 nitrogen and oxygen atoms in total. The smallest absolute Gasteiger partial charge is 0.242 e. The molecule has 0 aliphatic heterocycles. The number of aryl methyl sites for hydroxylation is 1. The van der Waals surface area contributed by atoms with E-state index in [1.807, 2.05) is 0 Å². The number of hydrogen-bond donors (Lipinski definition) is 2. The average molecular weight is 362 g/mol. The first kappa shape index (κ1) is 19.9. The van der Waals surface area contributed by atoms with Gasteiger partial charge in [-0.1, -0.05) is 6.07 Å². The van der Waals surface area contributed by atoms with Crippen LogP contribution < -0.4 is 10.6 Å². The van der Waals surface area contributed by atoms with Crippen LogP contribution in [0.5, 0.6) is 0 Å². The molecule has 1 aromatic rings. The molecule has 1 aliphatic carbocycles. The molecule has 1 saturated carbocycles. The standard InChI is InChI=1S/C15H23N3O3S.ClH/c1-11-4-7-13(8-14(11)22(20,21)18(2)3)17-15(19)10-16-9-12-5-6-12;/h4,7-8,12,16H,5-6,9-10H2,1-3H3,(H,17,19);1H. The highest BCUT2D eigenvalue weighted by molar-refractivity contribution is 7.89. The van der Waals surface area contributed by atoms with Crippen molar-refractivity contribution >= 4 is 34.0 Å². The minimum absolute atomic E-state index is 0. The van der Waals surface area contributed by atoms with Crippen LogP contribution in [0, 0.1) is 12.8 Å². The van der Waals surface area contributed by atoms with Crippen molar-refractivity contribution in [3.63, 3.8) is 0 Å². The number of sulfonamides is 1. The number of rotatable bonds is 7. The van der Waals surface area contributed by atoms with Crippen molar-refractivity contribution in [1.29, 1.82) is 0 Å². The van der Waals surface area contributed by atoms with E-state index in [4.69, 9.17) is 0 Å². The van der Waals surface area contributed by atoms with E-state index in [-0.39, 0.29) is 29.8 Å². The van der Waals surface area contributed by atoms with Crippen molar-refractivity contribution in [3.05, 3.63) is 23.8 Å². The maximum absolute atomic E-state index is 12.2. The van der Waals surface area contributed by atoms with E-state index < -0.39 is 10.0 Å². The molecule has 0 aromatic heterocycles. The van der Waals surface area contributed by atoms with E-state index in [0.29, 0.717) is 17.2 Å². The monoisotopic (exact) mass is 361 g/mol. The zero-order chi connectivity index (χ0) is 16.3. The van der Waals surface area contributed by atoms with E-state index in [2.05, 4.69) is 10.6 Å². The molecule has 1 aliphatic rings. The highest BCUT2D eigenvalue weighted by atomic mass is 35.5. The first-order valence-corrected chi connectivity index (χ1v) is 8.78. The fourth-order valence-electron chi connectivity index (χ4n) is 2.07. The fourth-order valence-corrected chi connectivity index (χ4v) is 3.21. The minimum atomic E-state index is -3.52. The third kappa shape index (κ3) is 5.46. The first-order valence-electron chi connectivity index (χ1n) is 7.34. The predicted octanol–water partition coefficient (Wildman–Crippen LogP) is 1.61. The van der Waals surface area contributed by atoms with Gasteiger partial charge >= 0.3 is 0 Å². The number of anilines is 1. The Balaban J connectivity index is 0.00000264. The maximum atomic E-state index is 12.2. The largest absolute Gasteiger partial charge is 0.325 e. The molecule has 1 aromatic carbocycles. The second-order valence-corrected chi connectivity index (χ2v) is 8.01. The molecular formula is C15H24ClN3O3S. The lowest BCUT2D eigenvalue weighted by molar-refractivity contribution is -0.115. The molecule has 2 rings (SSSR count). The first-order chi connectivity index (χ1) is 10.3. The molecule has 1 amide bonds. The van der Waals surface area contributed by atoms with Gasteiger partial charge in [0.15, 0.2) is 0 Å². The summed E-state index contributed by atoms with van der Waals surface area (Å²) in [6, 6.07) is 4.91. The molecule has 0 spiro atoms. The van der Waals surface area contributed by atoms with E-state index in [0.717, 1.165) is 10.8 Å². The highest BCUT2D eigenvalue weighted by Gasteiger charge is 2.21. The number of carbonyl (C=O) groups is 1. The van der Waals surface area contributed by atoms with Crippen molar-refractivity contribution in [2.75, 3.05) is 32.5 Å². The van der Waals surface area contributed by atoms with Gasteiger partial charge in [0, 0.05) is 19.8 Å². The van der Waals surface area contributed by atoms with Gasteiger partial charge in [-0.15, -0.1) is 12.4 Å². The normalized spacial score (nSPS) is 14.4. The van der Waals surface area contributed by atoms with Crippen molar-refractivity contribution in [1.82, 2.24) is 9.62 Å². The molecule has 23 heavy (non-hydrogen) atoms. The Morgan fingerprint density at radius 1 is 1.30 bits per heavy atom. The third-order valence-corrected chi connectivity index (χ3v) is 5.60. The van der Waals surface area contributed by atoms with E-state index in [1.54, 1.807) is 19.1 Å². The zero-order valence-corrected chi connectivity index (χ0v) is 15.3. The second kappa shape index (κ2) is 8.10. The number of benzene rings is 1. The lowest BCUT2D eigenvalue weighted by atomic mass is 10.2. The summed E-state index contributed by atoms with van der Waals surface area (Å²) in [5, 5.41) is 5.83. The van der Waals surface area contributed by atoms with Crippen LogP contribution in [-0.4, -0.2) is 45.8 Å². The summed E-state index contributed by atoms with van der Waals surface area (Å²) < 4.78 is 25.7. The maximum Gasteiger partial charge on any atom is 0.242 e. The second-order valence-electron chi connectivity index (χ2n) is 5.89. The van der Waals surface area contributed by atoms with Gasteiger partial charge < -0.3 is 10.6 Å². The van der Waals surface area contributed by atoms with Crippen LogP contribution in [0.25, 0.3) is 0 Å². The molecule has 8 heteroatoms. The lowest BCUT2D eigenvalue weighted by Crippen LogP contribution is -2.29. The number of nitrogens with one attached hydrogen (secondary N) is 2. The van der Waals surface area contributed by atoms with Gasteiger partial charge in [-0.2, -0.15) is 0 Å². The Hall–Kier alpha value is -1.15. The van der Waals surface area contributed by atoms with Gasteiger partial charge in [0.1, 0.15) is 0 Å². The van der Waals surface area contributed by atoms with Crippen LogP contribution in [0.3, 0.4) is 0 Å². The van der Waals surface area contributed by atoms with Crippen LogP contribution in [0.4, 0.5) is 5.69 Å². The molecule has 0 bridgehead atoms. The highest BCUT2D eigenvalue weighted by Crippen LogP contribution is 2.27. The molecule has 0 radical (unpaired) electrons. The summed E-state index contributed by atoms with van der Waals surface area (Å²) in [7, 11) is -0.544. The number of hydrogen-bond acceptors (Lipinski definition) is 4.